The van der Waals surface area contributed by atoms with E-state index in [1.54, 1.807) is 18.2 Å². The maximum absolute atomic E-state index is 13.2. The van der Waals surface area contributed by atoms with Gasteiger partial charge in [-0.15, -0.1) is 5.10 Å². The van der Waals surface area contributed by atoms with Gasteiger partial charge in [0.1, 0.15) is 0 Å². The van der Waals surface area contributed by atoms with Gasteiger partial charge in [-0.05, 0) is 36.8 Å². The minimum absolute atomic E-state index is 0.0616. The van der Waals surface area contributed by atoms with Crippen molar-refractivity contribution in [3.8, 4) is 5.69 Å². The first-order valence-corrected chi connectivity index (χ1v) is 10.8. The molecule has 12 heteroatoms. The minimum Gasteiger partial charge on any atom is -0.320 e. The van der Waals surface area contributed by atoms with Crippen molar-refractivity contribution < 1.29 is 26.4 Å². The van der Waals surface area contributed by atoms with E-state index < -0.39 is 27.7 Å². The van der Waals surface area contributed by atoms with Crippen molar-refractivity contribution in [2.45, 2.75) is 12.6 Å². The van der Waals surface area contributed by atoms with Crippen LogP contribution in [0.1, 0.15) is 22.5 Å². The summed E-state index contributed by atoms with van der Waals surface area (Å²) < 4.78 is 66.0. The number of hydrogen-bond acceptors (Lipinski definition) is 5. The van der Waals surface area contributed by atoms with E-state index in [0.717, 1.165) is 16.9 Å². The first-order chi connectivity index (χ1) is 14.6. The molecule has 162 valence electrons. The normalized spacial score (nSPS) is 15.8. The summed E-state index contributed by atoms with van der Waals surface area (Å²) in [5.74, 6) is -0.635. The molecule has 1 aliphatic heterocycles. The number of rotatable bonds is 4. The zero-order chi connectivity index (χ0) is 22.2. The predicted octanol–water partition coefficient (Wildman–Crippen LogP) is 3.08. The minimum atomic E-state index is -4.60. The number of amides is 1. The Morgan fingerprint density at radius 3 is 2.58 bits per heavy atom. The number of sulfonamides is 1. The van der Waals surface area contributed by atoms with Crippen LogP contribution >= 0.6 is 0 Å². The maximum Gasteiger partial charge on any atom is 0.418 e. The Balaban J connectivity index is 1.56. The van der Waals surface area contributed by atoms with Gasteiger partial charge >= 0.3 is 6.18 Å². The molecule has 1 aliphatic rings. The van der Waals surface area contributed by atoms with Crippen molar-refractivity contribution >= 4 is 27.3 Å². The Kier molecular flexibility index (Phi) is 5.17. The maximum atomic E-state index is 13.2. The number of benzene rings is 2. The van der Waals surface area contributed by atoms with Gasteiger partial charge in [0.2, 0.25) is 10.0 Å². The van der Waals surface area contributed by atoms with Crippen LogP contribution in [0.3, 0.4) is 0 Å². The van der Waals surface area contributed by atoms with Crippen LogP contribution in [0.15, 0.2) is 54.7 Å². The number of anilines is 2. The number of nitrogens with one attached hydrogen (secondary N) is 1. The Labute approximate surface area is 175 Å². The molecule has 1 amide bonds. The largest absolute Gasteiger partial charge is 0.418 e. The summed E-state index contributed by atoms with van der Waals surface area (Å²) in [6, 6.07) is 11.1. The van der Waals surface area contributed by atoms with Crippen LogP contribution in [0.4, 0.5) is 24.5 Å². The van der Waals surface area contributed by atoms with Crippen LogP contribution in [0.2, 0.25) is 0 Å². The lowest BCUT2D eigenvalue weighted by Crippen LogP contribution is -2.25. The van der Waals surface area contributed by atoms with Gasteiger partial charge in [-0.3, -0.25) is 9.10 Å². The number of para-hydroxylation sites is 1. The van der Waals surface area contributed by atoms with E-state index in [1.165, 1.54) is 28.6 Å². The molecule has 1 fully saturated rings. The van der Waals surface area contributed by atoms with Crippen LogP contribution in [0.25, 0.3) is 5.69 Å². The quantitative estimate of drug-likeness (QED) is 0.658. The van der Waals surface area contributed by atoms with Crippen molar-refractivity contribution in [1.82, 2.24) is 15.0 Å². The molecule has 4 rings (SSSR count). The van der Waals surface area contributed by atoms with Gasteiger partial charge in [0.15, 0.2) is 5.69 Å². The van der Waals surface area contributed by atoms with E-state index >= 15 is 0 Å². The lowest BCUT2D eigenvalue weighted by Gasteiger charge is -2.17. The molecule has 1 N–H and O–H groups in total. The third kappa shape index (κ3) is 4.24. The van der Waals surface area contributed by atoms with Crippen LogP contribution in [-0.4, -0.2) is 41.6 Å². The van der Waals surface area contributed by atoms with Gasteiger partial charge < -0.3 is 5.32 Å². The average Bonchev–Trinajstić information content (AvgIpc) is 3.34. The van der Waals surface area contributed by atoms with Crippen LogP contribution in [0, 0.1) is 0 Å². The van der Waals surface area contributed by atoms with Crippen molar-refractivity contribution in [3.05, 3.63) is 66.0 Å². The van der Waals surface area contributed by atoms with Gasteiger partial charge in [0.05, 0.1) is 28.9 Å². The Morgan fingerprint density at radius 2 is 1.87 bits per heavy atom. The second kappa shape index (κ2) is 7.69. The first-order valence-electron chi connectivity index (χ1n) is 9.16. The molecule has 0 atom stereocenters. The summed E-state index contributed by atoms with van der Waals surface area (Å²) in [7, 11) is -3.38. The second-order valence-electron chi connectivity index (χ2n) is 6.81. The number of hydrogen-bond donors (Lipinski definition) is 1. The first kappa shape index (κ1) is 20.8. The molecule has 3 aromatic rings. The summed E-state index contributed by atoms with van der Waals surface area (Å²) in [5, 5.41) is 9.86. The highest BCUT2D eigenvalue weighted by Crippen LogP contribution is 2.33. The predicted molar refractivity (Wildman–Crippen MR) is 107 cm³/mol. The fourth-order valence-corrected chi connectivity index (χ4v) is 4.82. The van der Waals surface area contributed by atoms with Crippen LogP contribution in [-0.2, 0) is 16.2 Å². The zero-order valence-corrected chi connectivity index (χ0v) is 16.7. The summed E-state index contributed by atoms with van der Waals surface area (Å²) in [4.78, 5) is 12.5. The number of halogens is 3. The molecule has 0 radical (unpaired) electrons. The van der Waals surface area contributed by atoms with E-state index in [-0.39, 0.29) is 17.1 Å². The molecular weight excluding hydrogens is 435 g/mol. The standard InChI is InChI=1S/C19H16F3N5O3S/c20-19(21,22)15-7-1-2-8-17(15)26-12-16(24-25-26)18(28)23-13-5-3-6-14(11-13)27-9-4-10-31(27,29)30/h1-3,5-8,11-12H,4,9-10H2,(H,23,28). The lowest BCUT2D eigenvalue weighted by molar-refractivity contribution is -0.137. The molecule has 0 spiro atoms. The molecule has 2 heterocycles. The highest BCUT2D eigenvalue weighted by molar-refractivity contribution is 7.93. The number of carbonyl (C=O) groups excluding carboxylic acids is 1. The third-order valence-corrected chi connectivity index (χ3v) is 6.54. The molecule has 0 unspecified atom stereocenters. The fraction of sp³-hybridized carbons (Fsp3) is 0.211. The van der Waals surface area contributed by atoms with Crippen molar-refractivity contribution in [3.63, 3.8) is 0 Å². The molecule has 8 nitrogen and oxygen atoms in total. The topological polar surface area (TPSA) is 97.2 Å². The van der Waals surface area contributed by atoms with Gasteiger partial charge in [0.25, 0.3) is 5.91 Å². The smallest absolute Gasteiger partial charge is 0.320 e. The van der Waals surface area contributed by atoms with E-state index in [2.05, 4.69) is 15.6 Å². The second-order valence-corrected chi connectivity index (χ2v) is 8.82. The molecule has 0 aliphatic carbocycles. The molecule has 2 aromatic carbocycles. The van der Waals surface area contributed by atoms with Crippen LogP contribution < -0.4 is 9.62 Å². The van der Waals surface area contributed by atoms with Gasteiger partial charge in [-0.25, -0.2) is 13.1 Å². The van der Waals surface area contributed by atoms with Crippen LogP contribution in [0.5, 0.6) is 0 Å². The van der Waals surface area contributed by atoms with Crippen molar-refractivity contribution in [1.29, 1.82) is 0 Å². The summed E-state index contributed by atoms with van der Waals surface area (Å²) >= 11 is 0. The molecule has 1 aromatic heterocycles. The number of aromatic nitrogens is 3. The molecule has 0 saturated carbocycles. The highest BCUT2D eigenvalue weighted by atomic mass is 32.2. The molecule has 1 saturated heterocycles. The van der Waals surface area contributed by atoms with E-state index in [9.17, 15) is 26.4 Å². The van der Waals surface area contributed by atoms with Gasteiger partial charge in [-0.2, -0.15) is 13.2 Å². The van der Waals surface area contributed by atoms with E-state index in [4.69, 9.17) is 0 Å². The summed E-state index contributed by atoms with van der Waals surface area (Å²) in [5.41, 5.74) is -0.641. The number of carbonyl (C=O) groups is 1. The van der Waals surface area contributed by atoms with Gasteiger partial charge in [0, 0.05) is 12.2 Å². The summed E-state index contributed by atoms with van der Waals surface area (Å²) in [6.07, 6.45) is -2.99. The van der Waals surface area contributed by atoms with E-state index in [0.29, 0.717) is 24.3 Å². The monoisotopic (exact) mass is 451 g/mol. The number of alkyl halides is 3. The highest BCUT2D eigenvalue weighted by Gasteiger charge is 2.34. The Hall–Kier alpha value is -3.41. The SMILES string of the molecule is O=C(Nc1cccc(N2CCCS2(=O)=O)c1)c1cn(-c2ccccc2C(F)(F)F)nn1. The molecule has 31 heavy (non-hydrogen) atoms. The Bertz CT molecular complexity index is 1240. The summed E-state index contributed by atoms with van der Waals surface area (Å²) in [6.45, 7) is 0.354. The number of nitrogens with zero attached hydrogens (tertiary/aromatic N) is 4. The molecule has 0 bridgehead atoms. The van der Waals surface area contributed by atoms with Crippen molar-refractivity contribution in [2.75, 3.05) is 21.9 Å². The Morgan fingerprint density at radius 1 is 1.10 bits per heavy atom. The molecular formula is C19H16F3N5O3S. The fourth-order valence-electron chi connectivity index (χ4n) is 3.26. The lowest BCUT2D eigenvalue weighted by atomic mass is 10.1. The average molecular weight is 451 g/mol. The van der Waals surface area contributed by atoms with Gasteiger partial charge in [-0.1, -0.05) is 23.4 Å². The van der Waals surface area contributed by atoms with Crippen molar-refractivity contribution in [2.24, 2.45) is 0 Å². The van der Waals surface area contributed by atoms with E-state index in [1.807, 2.05) is 0 Å². The zero-order valence-electron chi connectivity index (χ0n) is 15.9. The third-order valence-electron chi connectivity index (χ3n) is 4.67.